The molecule has 0 saturated carbocycles. The number of rotatable bonds is 26. The highest BCUT2D eigenvalue weighted by Crippen LogP contribution is 2.29. The first-order valence-electron chi connectivity index (χ1n) is 13.7. The van der Waals surface area contributed by atoms with Gasteiger partial charge in [0.25, 0.3) is 0 Å². The monoisotopic (exact) mass is 474 g/mol. The van der Waals surface area contributed by atoms with Crippen molar-refractivity contribution >= 4 is 29.5 Å². The zero-order chi connectivity index (χ0) is 22.8. The molecule has 0 rings (SSSR count). The molecule has 0 spiro atoms. The molecule has 0 heterocycles. The normalized spacial score (nSPS) is 11.5. The largest absolute Gasteiger partial charge is 0.481 e. The summed E-state index contributed by atoms with van der Waals surface area (Å²) in [6.07, 6.45) is 27.6. The average molecular weight is 475 g/mol. The van der Waals surface area contributed by atoms with Crippen LogP contribution in [0.3, 0.4) is 0 Å². The third-order valence-corrected chi connectivity index (χ3v) is 8.89. The molecule has 0 unspecified atom stereocenters. The SMILES string of the molecule is CCCCCCCCCCCCSC(CC(=O)O)SCCCCCCCCCCCC. The van der Waals surface area contributed by atoms with Crippen LogP contribution in [0.1, 0.15) is 149 Å². The Kier molecular flexibility index (Phi) is 26.6. The fourth-order valence-corrected chi connectivity index (χ4v) is 6.67. The molecule has 0 aromatic carbocycles. The summed E-state index contributed by atoms with van der Waals surface area (Å²) in [7, 11) is 0. The van der Waals surface area contributed by atoms with E-state index >= 15 is 0 Å². The van der Waals surface area contributed by atoms with Crippen LogP contribution in [-0.2, 0) is 4.79 Å². The zero-order valence-corrected chi connectivity index (χ0v) is 22.6. The summed E-state index contributed by atoms with van der Waals surface area (Å²) in [5, 5.41) is 9.21. The first-order chi connectivity index (χ1) is 15.2. The number of carbonyl (C=O) groups is 1. The number of aliphatic carboxylic acids is 1. The van der Waals surface area contributed by atoms with Gasteiger partial charge >= 0.3 is 5.97 Å². The van der Waals surface area contributed by atoms with Crippen molar-refractivity contribution in [3.05, 3.63) is 0 Å². The molecule has 186 valence electrons. The molecular weight excluding hydrogens is 420 g/mol. The number of carboxylic acid groups (broad SMARTS) is 1. The van der Waals surface area contributed by atoms with E-state index in [0.717, 1.165) is 11.5 Å². The Bertz CT molecular complexity index is 337. The van der Waals surface area contributed by atoms with Crippen LogP contribution in [0.2, 0.25) is 0 Å². The van der Waals surface area contributed by atoms with Crippen molar-refractivity contribution in [2.45, 2.75) is 153 Å². The Morgan fingerprint density at radius 1 is 0.548 bits per heavy atom. The van der Waals surface area contributed by atoms with E-state index in [0.29, 0.717) is 6.42 Å². The summed E-state index contributed by atoms with van der Waals surface area (Å²) >= 11 is 3.78. The van der Waals surface area contributed by atoms with Crippen molar-refractivity contribution in [2.24, 2.45) is 0 Å². The van der Waals surface area contributed by atoms with Gasteiger partial charge in [-0.1, -0.05) is 129 Å². The van der Waals surface area contributed by atoms with E-state index in [1.165, 1.54) is 128 Å². The second-order valence-electron chi connectivity index (χ2n) is 9.13. The molecule has 1 N–H and O–H groups in total. The maximum atomic E-state index is 11.2. The topological polar surface area (TPSA) is 37.3 Å². The molecule has 4 heteroatoms. The summed E-state index contributed by atoms with van der Waals surface area (Å²) in [5.41, 5.74) is 0. The van der Waals surface area contributed by atoms with E-state index < -0.39 is 5.97 Å². The van der Waals surface area contributed by atoms with Crippen LogP contribution in [0.25, 0.3) is 0 Å². The lowest BCUT2D eigenvalue weighted by atomic mass is 10.1. The molecule has 0 radical (unpaired) electrons. The van der Waals surface area contributed by atoms with Gasteiger partial charge in [0.05, 0.1) is 11.0 Å². The standard InChI is InChI=1S/C27H54O2S2/c1-3-5-7-9-11-13-15-17-19-21-23-30-27(25-26(28)29)31-24-22-20-18-16-14-12-10-8-6-4-2/h27H,3-25H2,1-2H3,(H,28,29). The van der Waals surface area contributed by atoms with E-state index in [1.54, 1.807) is 0 Å². The first-order valence-corrected chi connectivity index (χ1v) is 15.8. The first kappa shape index (κ1) is 31.2. The second-order valence-corrected chi connectivity index (χ2v) is 12.1. The van der Waals surface area contributed by atoms with E-state index in [2.05, 4.69) is 13.8 Å². The van der Waals surface area contributed by atoms with Crippen molar-refractivity contribution < 1.29 is 9.90 Å². The van der Waals surface area contributed by atoms with Gasteiger partial charge in [-0.3, -0.25) is 4.79 Å². The Hall–Kier alpha value is 0.170. The van der Waals surface area contributed by atoms with Crippen molar-refractivity contribution in [3.8, 4) is 0 Å². The summed E-state index contributed by atoms with van der Waals surface area (Å²) in [5.74, 6) is 1.61. The smallest absolute Gasteiger partial charge is 0.305 e. The van der Waals surface area contributed by atoms with E-state index in [9.17, 15) is 9.90 Å². The number of thioether (sulfide) groups is 2. The van der Waals surface area contributed by atoms with Crippen LogP contribution in [0.15, 0.2) is 0 Å². The van der Waals surface area contributed by atoms with Gasteiger partial charge in [0.1, 0.15) is 0 Å². The number of unbranched alkanes of at least 4 members (excludes halogenated alkanes) is 18. The maximum Gasteiger partial charge on any atom is 0.305 e. The van der Waals surface area contributed by atoms with Crippen LogP contribution in [0.4, 0.5) is 0 Å². The number of hydrogen-bond acceptors (Lipinski definition) is 3. The molecule has 0 aliphatic rings. The lowest BCUT2D eigenvalue weighted by Crippen LogP contribution is -2.08. The minimum atomic E-state index is -0.642. The molecule has 0 bridgehead atoms. The van der Waals surface area contributed by atoms with Gasteiger partial charge in [0.2, 0.25) is 0 Å². The third kappa shape index (κ3) is 26.3. The highest BCUT2D eigenvalue weighted by atomic mass is 32.2. The quantitative estimate of drug-likeness (QED) is 0.0999. The predicted octanol–water partition coefficient (Wildman–Crippen LogP) is 10.1. The summed E-state index contributed by atoms with van der Waals surface area (Å²) < 4.78 is 0.245. The minimum absolute atomic E-state index is 0.245. The van der Waals surface area contributed by atoms with E-state index in [-0.39, 0.29) is 4.58 Å². The Balaban J connectivity index is 3.54. The summed E-state index contributed by atoms with van der Waals surface area (Å²) in [4.78, 5) is 11.2. The maximum absolute atomic E-state index is 11.2. The summed E-state index contributed by atoms with van der Waals surface area (Å²) in [6.45, 7) is 4.55. The van der Waals surface area contributed by atoms with Crippen LogP contribution >= 0.6 is 23.5 Å². The van der Waals surface area contributed by atoms with Gasteiger partial charge < -0.3 is 5.11 Å². The fourth-order valence-electron chi connectivity index (χ4n) is 3.92. The number of carboxylic acids is 1. The predicted molar refractivity (Wildman–Crippen MR) is 145 cm³/mol. The van der Waals surface area contributed by atoms with Gasteiger partial charge in [-0.2, -0.15) is 0 Å². The Morgan fingerprint density at radius 3 is 1.13 bits per heavy atom. The van der Waals surface area contributed by atoms with Crippen molar-refractivity contribution in [3.63, 3.8) is 0 Å². The van der Waals surface area contributed by atoms with E-state index in [1.807, 2.05) is 23.5 Å². The zero-order valence-electron chi connectivity index (χ0n) is 21.0. The highest BCUT2D eigenvalue weighted by molar-refractivity contribution is 8.17. The Morgan fingerprint density at radius 2 is 0.839 bits per heavy atom. The van der Waals surface area contributed by atoms with E-state index in [4.69, 9.17) is 0 Å². The molecule has 0 aliphatic carbocycles. The van der Waals surface area contributed by atoms with Crippen LogP contribution in [-0.4, -0.2) is 27.2 Å². The molecular formula is C27H54O2S2. The molecule has 2 nitrogen and oxygen atoms in total. The van der Waals surface area contributed by atoms with Gasteiger partial charge in [-0.05, 0) is 24.3 Å². The van der Waals surface area contributed by atoms with Crippen molar-refractivity contribution in [1.29, 1.82) is 0 Å². The molecule has 31 heavy (non-hydrogen) atoms. The third-order valence-electron chi connectivity index (χ3n) is 5.94. The Labute approximate surface area is 203 Å². The molecule has 0 saturated heterocycles. The highest BCUT2D eigenvalue weighted by Gasteiger charge is 2.13. The van der Waals surface area contributed by atoms with Gasteiger partial charge in [0, 0.05) is 0 Å². The van der Waals surface area contributed by atoms with Crippen LogP contribution in [0, 0.1) is 0 Å². The number of hydrogen-bond donors (Lipinski definition) is 1. The lowest BCUT2D eigenvalue weighted by Gasteiger charge is -2.14. The average Bonchev–Trinajstić information content (AvgIpc) is 2.75. The molecule has 0 aromatic heterocycles. The van der Waals surface area contributed by atoms with Crippen molar-refractivity contribution in [1.82, 2.24) is 0 Å². The second kappa shape index (κ2) is 26.4. The summed E-state index contributed by atoms with van der Waals surface area (Å²) in [6, 6.07) is 0. The lowest BCUT2D eigenvalue weighted by molar-refractivity contribution is -0.136. The molecule has 0 aliphatic heterocycles. The van der Waals surface area contributed by atoms with Crippen LogP contribution in [0.5, 0.6) is 0 Å². The van der Waals surface area contributed by atoms with Crippen LogP contribution < -0.4 is 0 Å². The van der Waals surface area contributed by atoms with Crippen molar-refractivity contribution in [2.75, 3.05) is 11.5 Å². The van der Waals surface area contributed by atoms with Gasteiger partial charge in [0.15, 0.2) is 0 Å². The molecule has 0 atom stereocenters. The van der Waals surface area contributed by atoms with Gasteiger partial charge in [-0.15, -0.1) is 23.5 Å². The molecule has 0 amide bonds. The van der Waals surface area contributed by atoms with Gasteiger partial charge in [-0.25, -0.2) is 0 Å². The fraction of sp³-hybridized carbons (Fsp3) is 0.963. The molecule has 0 fully saturated rings. The minimum Gasteiger partial charge on any atom is -0.481 e. The molecule has 0 aromatic rings.